The van der Waals surface area contributed by atoms with Crippen molar-refractivity contribution >= 4 is 29.9 Å². The first-order valence-electron chi connectivity index (χ1n) is 10.6. The van der Waals surface area contributed by atoms with E-state index in [4.69, 9.17) is 19.2 Å². The van der Waals surface area contributed by atoms with Crippen LogP contribution < -0.4 is 20.1 Å². The van der Waals surface area contributed by atoms with Crippen molar-refractivity contribution in [2.24, 2.45) is 4.99 Å². The molecule has 2 heterocycles. The number of benzene rings is 2. The summed E-state index contributed by atoms with van der Waals surface area (Å²) in [7, 11) is 0. The molecule has 2 aromatic carbocycles. The number of nitrogens with one attached hydrogen (secondary N) is 2. The summed E-state index contributed by atoms with van der Waals surface area (Å²) in [5.74, 6) is 2.39. The summed E-state index contributed by atoms with van der Waals surface area (Å²) in [6, 6.07) is 14.6. The average Bonchev–Trinajstić information content (AvgIpc) is 3.25. The van der Waals surface area contributed by atoms with Crippen LogP contribution in [0.15, 0.2) is 47.5 Å². The van der Waals surface area contributed by atoms with Gasteiger partial charge in [-0.1, -0.05) is 30.3 Å². The van der Waals surface area contributed by atoms with Crippen LogP contribution in [-0.2, 0) is 24.4 Å². The van der Waals surface area contributed by atoms with Crippen LogP contribution >= 0.6 is 24.0 Å². The largest absolute Gasteiger partial charge is 0.454 e. The molecule has 0 radical (unpaired) electrons. The molecule has 2 aromatic rings. The Morgan fingerprint density at radius 2 is 1.77 bits per heavy atom. The van der Waals surface area contributed by atoms with Gasteiger partial charge in [0.2, 0.25) is 6.79 Å². The average molecular weight is 538 g/mol. The predicted molar refractivity (Wildman–Crippen MR) is 132 cm³/mol. The fourth-order valence-electron chi connectivity index (χ4n) is 3.61. The van der Waals surface area contributed by atoms with Crippen molar-refractivity contribution in [1.29, 1.82) is 0 Å². The van der Waals surface area contributed by atoms with E-state index in [1.165, 1.54) is 11.1 Å². The molecule has 0 spiro atoms. The highest BCUT2D eigenvalue weighted by atomic mass is 127. The minimum atomic E-state index is 0. The van der Waals surface area contributed by atoms with E-state index in [2.05, 4.69) is 46.7 Å². The van der Waals surface area contributed by atoms with Crippen molar-refractivity contribution in [3.63, 3.8) is 0 Å². The molecule has 0 atom stereocenters. The van der Waals surface area contributed by atoms with E-state index in [0.717, 1.165) is 69.0 Å². The number of rotatable bonds is 7. The van der Waals surface area contributed by atoms with E-state index in [1.807, 2.05) is 18.2 Å². The Kier molecular flexibility index (Phi) is 9.23. The maximum atomic E-state index is 5.47. The van der Waals surface area contributed by atoms with E-state index in [0.29, 0.717) is 6.54 Å². The molecule has 4 rings (SSSR count). The minimum Gasteiger partial charge on any atom is -0.454 e. The summed E-state index contributed by atoms with van der Waals surface area (Å²) in [4.78, 5) is 7.19. The lowest BCUT2D eigenvalue weighted by molar-refractivity contribution is 0.0341. The zero-order chi connectivity index (χ0) is 20.6. The quantitative estimate of drug-likeness (QED) is 0.321. The molecule has 1 fully saturated rings. The number of fused-ring (bicyclic) bond motifs is 1. The van der Waals surface area contributed by atoms with Crippen LogP contribution in [-0.4, -0.2) is 50.5 Å². The van der Waals surface area contributed by atoms with Crippen LogP contribution in [0.2, 0.25) is 0 Å². The van der Waals surface area contributed by atoms with Crippen LogP contribution in [0.5, 0.6) is 11.5 Å². The van der Waals surface area contributed by atoms with Crippen molar-refractivity contribution in [3.8, 4) is 11.5 Å². The van der Waals surface area contributed by atoms with Gasteiger partial charge < -0.3 is 24.8 Å². The number of guanidine groups is 1. The molecule has 0 aromatic heterocycles. The maximum absolute atomic E-state index is 5.47. The Bertz CT molecular complexity index is 872. The summed E-state index contributed by atoms with van der Waals surface area (Å²) in [6.45, 7) is 9.03. The third kappa shape index (κ3) is 6.72. The van der Waals surface area contributed by atoms with Gasteiger partial charge in [0.05, 0.1) is 19.8 Å². The lowest BCUT2D eigenvalue weighted by Gasteiger charge is -2.27. The lowest BCUT2D eigenvalue weighted by Crippen LogP contribution is -2.38. The molecule has 8 heteroatoms. The Balaban J connectivity index is 0.00000272. The van der Waals surface area contributed by atoms with Crippen LogP contribution in [0.3, 0.4) is 0 Å². The Hall–Kier alpha value is -2.04. The van der Waals surface area contributed by atoms with Gasteiger partial charge in [-0.3, -0.25) is 4.90 Å². The molecule has 2 aliphatic heterocycles. The van der Waals surface area contributed by atoms with E-state index in [9.17, 15) is 0 Å². The van der Waals surface area contributed by atoms with Gasteiger partial charge in [0.25, 0.3) is 0 Å². The van der Waals surface area contributed by atoms with Gasteiger partial charge in [-0.05, 0) is 35.7 Å². The number of nitrogens with zero attached hydrogens (tertiary/aromatic N) is 2. The van der Waals surface area contributed by atoms with Crippen LogP contribution in [0.1, 0.15) is 23.6 Å². The first-order chi connectivity index (χ1) is 14.8. The van der Waals surface area contributed by atoms with Crippen molar-refractivity contribution in [2.75, 3.05) is 39.6 Å². The molecule has 31 heavy (non-hydrogen) atoms. The lowest BCUT2D eigenvalue weighted by atomic mass is 10.1. The van der Waals surface area contributed by atoms with Crippen LogP contribution in [0.25, 0.3) is 0 Å². The van der Waals surface area contributed by atoms with Crippen molar-refractivity contribution in [1.82, 2.24) is 15.5 Å². The number of aliphatic imine (C=N–C) groups is 1. The molecule has 0 aliphatic carbocycles. The monoisotopic (exact) mass is 538 g/mol. The van der Waals surface area contributed by atoms with Gasteiger partial charge in [0, 0.05) is 32.7 Å². The molecule has 168 valence electrons. The second-order valence-electron chi connectivity index (χ2n) is 7.39. The Morgan fingerprint density at radius 3 is 2.58 bits per heavy atom. The van der Waals surface area contributed by atoms with Gasteiger partial charge >= 0.3 is 0 Å². The standard InChI is InChI=1S/C23H30N4O3.HI/c1-2-24-23(25-14-18-7-8-21-22(13-18)30-17-29-21)26-15-19-5-3-4-6-20(19)16-27-9-11-28-12-10-27;/h3-8,13H,2,9-12,14-17H2,1H3,(H2,24,25,26);1H. The first kappa shape index (κ1) is 23.6. The highest BCUT2D eigenvalue weighted by molar-refractivity contribution is 14.0. The van der Waals surface area contributed by atoms with Gasteiger partial charge in [-0.15, -0.1) is 24.0 Å². The molecule has 7 nitrogen and oxygen atoms in total. The van der Waals surface area contributed by atoms with Gasteiger partial charge in [-0.2, -0.15) is 0 Å². The molecule has 1 saturated heterocycles. The second kappa shape index (κ2) is 12.1. The van der Waals surface area contributed by atoms with Crippen LogP contribution in [0, 0.1) is 0 Å². The van der Waals surface area contributed by atoms with Gasteiger partial charge in [0.1, 0.15) is 0 Å². The molecular formula is C23H31IN4O3. The van der Waals surface area contributed by atoms with Crippen molar-refractivity contribution in [3.05, 3.63) is 59.2 Å². The summed E-state index contributed by atoms with van der Waals surface area (Å²) in [5.41, 5.74) is 3.72. The van der Waals surface area contributed by atoms with Crippen molar-refractivity contribution in [2.45, 2.75) is 26.6 Å². The zero-order valence-corrected chi connectivity index (χ0v) is 20.3. The number of hydrogen-bond acceptors (Lipinski definition) is 5. The molecule has 0 unspecified atom stereocenters. The molecule has 0 saturated carbocycles. The van der Waals surface area contributed by atoms with E-state index in [-0.39, 0.29) is 30.8 Å². The highest BCUT2D eigenvalue weighted by Gasteiger charge is 2.14. The zero-order valence-electron chi connectivity index (χ0n) is 17.9. The van der Waals surface area contributed by atoms with Gasteiger partial charge in [-0.25, -0.2) is 4.99 Å². The van der Waals surface area contributed by atoms with Crippen LogP contribution in [0.4, 0.5) is 0 Å². The third-order valence-electron chi connectivity index (χ3n) is 5.26. The summed E-state index contributed by atoms with van der Waals surface area (Å²) < 4.78 is 16.3. The second-order valence-corrected chi connectivity index (χ2v) is 7.39. The molecule has 2 aliphatic rings. The molecule has 0 amide bonds. The van der Waals surface area contributed by atoms with Crippen molar-refractivity contribution < 1.29 is 14.2 Å². The smallest absolute Gasteiger partial charge is 0.231 e. The number of hydrogen-bond donors (Lipinski definition) is 2. The van der Waals surface area contributed by atoms with E-state index >= 15 is 0 Å². The Morgan fingerprint density at radius 1 is 1.00 bits per heavy atom. The fourth-order valence-corrected chi connectivity index (χ4v) is 3.61. The maximum Gasteiger partial charge on any atom is 0.231 e. The summed E-state index contributed by atoms with van der Waals surface area (Å²) in [5, 5.41) is 6.81. The molecule has 0 bridgehead atoms. The number of ether oxygens (including phenoxy) is 3. The normalized spacial score (nSPS) is 16.0. The predicted octanol–water partition coefficient (Wildman–Crippen LogP) is 3.12. The first-order valence-corrected chi connectivity index (χ1v) is 10.6. The molecule has 2 N–H and O–H groups in total. The number of morpholine rings is 1. The topological polar surface area (TPSA) is 67.4 Å². The fraction of sp³-hybridized carbons (Fsp3) is 0.435. The molecular weight excluding hydrogens is 507 g/mol. The van der Waals surface area contributed by atoms with E-state index < -0.39 is 0 Å². The Labute approximate surface area is 201 Å². The summed E-state index contributed by atoms with van der Waals surface area (Å²) in [6.07, 6.45) is 0. The highest BCUT2D eigenvalue weighted by Crippen LogP contribution is 2.32. The number of halogens is 1. The van der Waals surface area contributed by atoms with E-state index in [1.54, 1.807) is 0 Å². The SMILES string of the molecule is CCNC(=NCc1ccc2c(c1)OCO2)NCc1ccccc1CN1CCOCC1.I. The summed E-state index contributed by atoms with van der Waals surface area (Å²) >= 11 is 0. The third-order valence-corrected chi connectivity index (χ3v) is 5.26. The minimum absolute atomic E-state index is 0. The van der Waals surface area contributed by atoms with Gasteiger partial charge in [0.15, 0.2) is 17.5 Å².